The van der Waals surface area contributed by atoms with Crippen molar-refractivity contribution in [2.24, 2.45) is 0 Å². The maximum Gasteiger partial charge on any atom is 0.223 e. The SMILES string of the molecule is Cc1nc(COc2ccc(Br)cc2)no1. The third kappa shape index (κ3) is 2.79. The average Bonchev–Trinajstić information content (AvgIpc) is 2.64. The fourth-order valence-corrected chi connectivity index (χ4v) is 1.34. The smallest absolute Gasteiger partial charge is 0.223 e. The van der Waals surface area contributed by atoms with Crippen molar-refractivity contribution in [3.8, 4) is 5.75 Å². The van der Waals surface area contributed by atoms with Crippen LogP contribution in [0.25, 0.3) is 0 Å². The van der Waals surface area contributed by atoms with Gasteiger partial charge >= 0.3 is 0 Å². The third-order valence-electron chi connectivity index (χ3n) is 1.75. The van der Waals surface area contributed by atoms with Crippen molar-refractivity contribution in [3.63, 3.8) is 0 Å². The molecule has 5 heteroatoms. The van der Waals surface area contributed by atoms with Crippen LogP contribution in [0.15, 0.2) is 33.3 Å². The summed E-state index contributed by atoms with van der Waals surface area (Å²) in [5, 5.41) is 3.73. The van der Waals surface area contributed by atoms with Gasteiger partial charge in [0, 0.05) is 11.4 Å². The van der Waals surface area contributed by atoms with E-state index < -0.39 is 0 Å². The predicted molar refractivity (Wildman–Crippen MR) is 57.5 cm³/mol. The van der Waals surface area contributed by atoms with Crippen LogP contribution in [0.3, 0.4) is 0 Å². The first-order valence-electron chi connectivity index (χ1n) is 4.41. The number of benzene rings is 1. The molecule has 0 aliphatic rings. The molecule has 1 aromatic heterocycles. The number of hydrogen-bond acceptors (Lipinski definition) is 4. The van der Waals surface area contributed by atoms with Crippen LogP contribution in [0.5, 0.6) is 5.75 Å². The first-order valence-corrected chi connectivity index (χ1v) is 5.21. The Morgan fingerprint density at radius 2 is 2.07 bits per heavy atom. The molecule has 0 aliphatic heterocycles. The lowest BCUT2D eigenvalue weighted by molar-refractivity contribution is 0.285. The van der Waals surface area contributed by atoms with E-state index in [2.05, 4.69) is 26.1 Å². The highest BCUT2D eigenvalue weighted by Gasteiger charge is 2.02. The van der Waals surface area contributed by atoms with E-state index in [0.717, 1.165) is 10.2 Å². The lowest BCUT2D eigenvalue weighted by Gasteiger charge is -2.02. The molecule has 0 amide bonds. The molecule has 15 heavy (non-hydrogen) atoms. The Kier molecular flexibility index (Phi) is 3.01. The predicted octanol–water partition coefficient (Wildman–Crippen LogP) is 2.72. The van der Waals surface area contributed by atoms with E-state index in [9.17, 15) is 0 Å². The van der Waals surface area contributed by atoms with E-state index in [1.54, 1.807) is 6.92 Å². The standard InChI is InChI=1S/C10H9BrN2O2/c1-7-12-10(13-15-7)6-14-9-4-2-8(11)3-5-9/h2-5H,6H2,1H3. The zero-order valence-electron chi connectivity index (χ0n) is 8.11. The van der Waals surface area contributed by atoms with Gasteiger partial charge in [0.15, 0.2) is 6.61 Å². The number of ether oxygens (including phenoxy) is 1. The van der Waals surface area contributed by atoms with Crippen molar-refractivity contribution in [1.82, 2.24) is 10.1 Å². The zero-order chi connectivity index (χ0) is 10.7. The summed E-state index contributed by atoms with van der Waals surface area (Å²) in [4.78, 5) is 4.03. The van der Waals surface area contributed by atoms with E-state index in [0.29, 0.717) is 18.3 Å². The quantitative estimate of drug-likeness (QED) is 0.859. The summed E-state index contributed by atoms with van der Waals surface area (Å²) in [7, 11) is 0. The van der Waals surface area contributed by atoms with Gasteiger partial charge in [0.1, 0.15) is 5.75 Å². The lowest BCUT2D eigenvalue weighted by Crippen LogP contribution is -1.97. The van der Waals surface area contributed by atoms with Crippen molar-refractivity contribution in [2.45, 2.75) is 13.5 Å². The number of hydrogen-bond donors (Lipinski definition) is 0. The lowest BCUT2D eigenvalue weighted by atomic mass is 10.3. The Hall–Kier alpha value is -1.36. The maximum atomic E-state index is 5.45. The van der Waals surface area contributed by atoms with Gasteiger partial charge in [-0.15, -0.1) is 0 Å². The van der Waals surface area contributed by atoms with Crippen LogP contribution in [0.4, 0.5) is 0 Å². The van der Waals surface area contributed by atoms with Crippen LogP contribution in [0, 0.1) is 6.92 Å². The Balaban J connectivity index is 1.96. The molecular weight excluding hydrogens is 260 g/mol. The summed E-state index contributed by atoms with van der Waals surface area (Å²) >= 11 is 3.35. The van der Waals surface area contributed by atoms with Gasteiger partial charge in [-0.3, -0.25) is 0 Å². The molecule has 0 spiro atoms. The molecule has 1 aromatic carbocycles. The molecule has 0 N–H and O–H groups in total. The van der Waals surface area contributed by atoms with E-state index in [1.807, 2.05) is 24.3 Å². The molecule has 0 saturated heterocycles. The van der Waals surface area contributed by atoms with Crippen LogP contribution < -0.4 is 4.74 Å². The van der Waals surface area contributed by atoms with Gasteiger partial charge in [-0.05, 0) is 24.3 Å². The van der Waals surface area contributed by atoms with Gasteiger partial charge < -0.3 is 9.26 Å². The molecule has 0 saturated carbocycles. The summed E-state index contributed by atoms with van der Waals surface area (Å²) in [5.74, 6) is 1.88. The van der Waals surface area contributed by atoms with Crippen molar-refractivity contribution in [2.75, 3.05) is 0 Å². The summed E-state index contributed by atoms with van der Waals surface area (Å²) in [6.45, 7) is 2.06. The van der Waals surface area contributed by atoms with Crippen LogP contribution in [0.2, 0.25) is 0 Å². The second-order valence-electron chi connectivity index (χ2n) is 2.97. The van der Waals surface area contributed by atoms with Gasteiger partial charge in [0.05, 0.1) is 0 Å². The molecule has 0 bridgehead atoms. The zero-order valence-corrected chi connectivity index (χ0v) is 9.69. The summed E-state index contributed by atoms with van der Waals surface area (Å²) in [6.07, 6.45) is 0. The first kappa shape index (κ1) is 10.2. The number of aromatic nitrogens is 2. The summed E-state index contributed by atoms with van der Waals surface area (Å²) < 4.78 is 11.3. The monoisotopic (exact) mass is 268 g/mol. The summed E-state index contributed by atoms with van der Waals surface area (Å²) in [5.41, 5.74) is 0. The molecule has 0 atom stereocenters. The average molecular weight is 269 g/mol. The largest absolute Gasteiger partial charge is 0.485 e. The molecular formula is C10H9BrN2O2. The number of rotatable bonds is 3. The highest BCUT2D eigenvalue weighted by atomic mass is 79.9. The minimum atomic E-state index is 0.318. The highest BCUT2D eigenvalue weighted by molar-refractivity contribution is 9.10. The topological polar surface area (TPSA) is 48.2 Å². The van der Waals surface area contributed by atoms with E-state index in [-0.39, 0.29) is 0 Å². The minimum absolute atomic E-state index is 0.318. The van der Waals surface area contributed by atoms with Gasteiger partial charge in [-0.1, -0.05) is 21.1 Å². The Morgan fingerprint density at radius 1 is 1.33 bits per heavy atom. The molecule has 2 aromatic rings. The van der Waals surface area contributed by atoms with Crippen LogP contribution in [0.1, 0.15) is 11.7 Å². The van der Waals surface area contributed by atoms with Crippen LogP contribution in [-0.2, 0) is 6.61 Å². The van der Waals surface area contributed by atoms with Crippen LogP contribution in [-0.4, -0.2) is 10.1 Å². The molecule has 2 rings (SSSR count). The second-order valence-corrected chi connectivity index (χ2v) is 3.89. The van der Waals surface area contributed by atoms with Gasteiger partial charge in [0.25, 0.3) is 0 Å². The molecule has 0 unspecified atom stereocenters. The van der Waals surface area contributed by atoms with Crippen molar-refractivity contribution in [3.05, 3.63) is 40.5 Å². The van der Waals surface area contributed by atoms with Gasteiger partial charge in [0.2, 0.25) is 11.7 Å². The number of nitrogens with zero attached hydrogens (tertiary/aromatic N) is 2. The van der Waals surface area contributed by atoms with E-state index in [1.165, 1.54) is 0 Å². The van der Waals surface area contributed by atoms with Gasteiger partial charge in [-0.2, -0.15) is 4.98 Å². The molecule has 0 aliphatic carbocycles. The molecule has 0 radical (unpaired) electrons. The third-order valence-corrected chi connectivity index (χ3v) is 2.28. The molecule has 4 nitrogen and oxygen atoms in total. The van der Waals surface area contributed by atoms with E-state index >= 15 is 0 Å². The normalized spacial score (nSPS) is 10.3. The van der Waals surface area contributed by atoms with Gasteiger partial charge in [-0.25, -0.2) is 0 Å². The fourth-order valence-electron chi connectivity index (χ4n) is 1.08. The Labute approximate surface area is 95.4 Å². The first-order chi connectivity index (χ1) is 7.24. The van der Waals surface area contributed by atoms with E-state index in [4.69, 9.17) is 9.26 Å². The van der Waals surface area contributed by atoms with Crippen molar-refractivity contribution >= 4 is 15.9 Å². The van der Waals surface area contributed by atoms with Crippen LogP contribution >= 0.6 is 15.9 Å². The molecule has 0 fully saturated rings. The van der Waals surface area contributed by atoms with Crippen molar-refractivity contribution < 1.29 is 9.26 Å². The minimum Gasteiger partial charge on any atom is -0.485 e. The second kappa shape index (κ2) is 4.44. The molecule has 1 heterocycles. The highest BCUT2D eigenvalue weighted by Crippen LogP contribution is 2.16. The Bertz CT molecular complexity index is 439. The molecule has 78 valence electrons. The Morgan fingerprint density at radius 3 is 2.67 bits per heavy atom. The summed E-state index contributed by atoms with van der Waals surface area (Å²) in [6, 6.07) is 7.57. The number of halogens is 1. The number of aryl methyl sites for hydroxylation is 1. The fraction of sp³-hybridized carbons (Fsp3) is 0.200. The van der Waals surface area contributed by atoms with Crippen molar-refractivity contribution in [1.29, 1.82) is 0 Å². The maximum absolute atomic E-state index is 5.45.